The Labute approximate surface area is 111 Å². The lowest BCUT2D eigenvalue weighted by atomic mass is 10.00. The zero-order valence-electron chi connectivity index (χ0n) is 10.1. The van der Waals surface area contributed by atoms with Gasteiger partial charge in [-0.05, 0) is 42.3 Å². The molecule has 2 aromatic carbocycles. The largest absolute Gasteiger partial charge is 0.490 e. The van der Waals surface area contributed by atoms with E-state index < -0.39 is 0 Å². The summed E-state index contributed by atoms with van der Waals surface area (Å²) in [5, 5.41) is 0.661. The molecule has 0 saturated heterocycles. The standard InChI is InChI=1S/C15H14ClNO/c1-9-6-11-7-10(2-5-15(11)18-9)13-4-3-12(16)8-14(13)17/h2-5,7-9H,6,17H2,1H3. The van der Waals surface area contributed by atoms with Gasteiger partial charge < -0.3 is 10.5 Å². The second-order valence-corrected chi connectivity index (χ2v) is 5.12. The summed E-state index contributed by atoms with van der Waals surface area (Å²) in [6.45, 7) is 2.08. The number of anilines is 1. The van der Waals surface area contributed by atoms with Crippen molar-refractivity contribution in [3.8, 4) is 16.9 Å². The zero-order chi connectivity index (χ0) is 12.7. The summed E-state index contributed by atoms with van der Waals surface area (Å²) in [6.07, 6.45) is 1.22. The third-order valence-electron chi connectivity index (χ3n) is 3.22. The Morgan fingerprint density at radius 2 is 2.06 bits per heavy atom. The second kappa shape index (κ2) is 4.21. The Bertz CT molecular complexity index is 609. The van der Waals surface area contributed by atoms with Crippen molar-refractivity contribution < 1.29 is 4.74 Å². The molecule has 0 aliphatic carbocycles. The maximum Gasteiger partial charge on any atom is 0.123 e. The maximum atomic E-state index is 6.01. The van der Waals surface area contributed by atoms with Gasteiger partial charge in [-0.15, -0.1) is 0 Å². The monoisotopic (exact) mass is 259 g/mol. The molecule has 0 bridgehead atoms. The molecule has 1 aliphatic rings. The number of fused-ring (bicyclic) bond motifs is 1. The summed E-state index contributed by atoms with van der Waals surface area (Å²) in [5.41, 5.74) is 10.1. The Morgan fingerprint density at radius 1 is 1.22 bits per heavy atom. The maximum absolute atomic E-state index is 6.01. The molecule has 1 heterocycles. The summed E-state index contributed by atoms with van der Waals surface area (Å²) in [6, 6.07) is 11.8. The van der Waals surface area contributed by atoms with Gasteiger partial charge in [-0.1, -0.05) is 23.7 Å². The predicted molar refractivity (Wildman–Crippen MR) is 75.1 cm³/mol. The van der Waals surface area contributed by atoms with Gasteiger partial charge in [0.05, 0.1) is 0 Å². The van der Waals surface area contributed by atoms with Crippen molar-refractivity contribution in [2.24, 2.45) is 0 Å². The van der Waals surface area contributed by atoms with Crippen LogP contribution in [0.3, 0.4) is 0 Å². The van der Waals surface area contributed by atoms with Crippen LogP contribution in [0.4, 0.5) is 5.69 Å². The van der Waals surface area contributed by atoms with Gasteiger partial charge in [0.15, 0.2) is 0 Å². The molecule has 0 radical (unpaired) electrons. The van der Waals surface area contributed by atoms with E-state index in [-0.39, 0.29) is 6.10 Å². The average molecular weight is 260 g/mol. The zero-order valence-corrected chi connectivity index (χ0v) is 10.9. The first-order valence-electron chi connectivity index (χ1n) is 5.98. The van der Waals surface area contributed by atoms with Crippen LogP contribution in [0, 0.1) is 0 Å². The van der Waals surface area contributed by atoms with E-state index in [0.717, 1.165) is 23.3 Å². The number of rotatable bonds is 1. The minimum atomic E-state index is 0.262. The predicted octanol–water partition coefficient (Wildman–Crippen LogP) is 3.91. The first kappa shape index (κ1) is 11.4. The Hall–Kier alpha value is -1.67. The molecular formula is C15H14ClNO. The molecule has 0 fully saturated rings. The van der Waals surface area contributed by atoms with Crippen LogP contribution in [0.25, 0.3) is 11.1 Å². The number of hydrogen-bond donors (Lipinski definition) is 1. The molecule has 0 amide bonds. The highest BCUT2D eigenvalue weighted by Crippen LogP contribution is 2.35. The molecule has 92 valence electrons. The number of ether oxygens (including phenoxy) is 1. The third-order valence-corrected chi connectivity index (χ3v) is 3.46. The molecule has 3 rings (SSSR count). The van der Waals surface area contributed by atoms with Gasteiger partial charge >= 0.3 is 0 Å². The van der Waals surface area contributed by atoms with Crippen LogP contribution >= 0.6 is 11.6 Å². The van der Waals surface area contributed by atoms with Crippen molar-refractivity contribution in [3.05, 3.63) is 47.0 Å². The summed E-state index contributed by atoms with van der Waals surface area (Å²) >= 11 is 5.92. The van der Waals surface area contributed by atoms with Crippen molar-refractivity contribution in [1.82, 2.24) is 0 Å². The van der Waals surface area contributed by atoms with Gasteiger partial charge in [0.2, 0.25) is 0 Å². The minimum Gasteiger partial charge on any atom is -0.490 e. The van der Waals surface area contributed by atoms with Crippen molar-refractivity contribution in [2.45, 2.75) is 19.4 Å². The molecule has 1 aliphatic heterocycles. The molecule has 1 unspecified atom stereocenters. The van der Waals surface area contributed by atoms with Crippen LogP contribution in [0.15, 0.2) is 36.4 Å². The van der Waals surface area contributed by atoms with Gasteiger partial charge in [0.1, 0.15) is 11.9 Å². The highest BCUT2D eigenvalue weighted by atomic mass is 35.5. The fraction of sp³-hybridized carbons (Fsp3) is 0.200. The van der Waals surface area contributed by atoms with Crippen LogP contribution < -0.4 is 10.5 Å². The number of nitrogen functional groups attached to an aromatic ring is 1. The molecular weight excluding hydrogens is 246 g/mol. The van der Waals surface area contributed by atoms with Gasteiger partial charge in [-0.25, -0.2) is 0 Å². The quantitative estimate of drug-likeness (QED) is 0.788. The van der Waals surface area contributed by atoms with Crippen LogP contribution in [-0.2, 0) is 6.42 Å². The average Bonchev–Trinajstić information content (AvgIpc) is 2.68. The van der Waals surface area contributed by atoms with Crippen molar-refractivity contribution in [3.63, 3.8) is 0 Å². The van der Waals surface area contributed by atoms with Crippen LogP contribution in [0.5, 0.6) is 5.75 Å². The smallest absolute Gasteiger partial charge is 0.123 e. The van der Waals surface area contributed by atoms with Gasteiger partial charge in [0, 0.05) is 22.7 Å². The number of nitrogens with two attached hydrogens (primary N) is 1. The molecule has 0 spiro atoms. The Morgan fingerprint density at radius 3 is 2.83 bits per heavy atom. The molecule has 18 heavy (non-hydrogen) atoms. The number of benzene rings is 2. The highest BCUT2D eigenvalue weighted by Gasteiger charge is 2.19. The fourth-order valence-electron chi connectivity index (χ4n) is 2.39. The van der Waals surface area contributed by atoms with E-state index in [0.29, 0.717) is 10.7 Å². The molecule has 2 aromatic rings. The second-order valence-electron chi connectivity index (χ2n) is 4.69. The lowest BCUT2D eigenvalue weighted by Gasteiger charge is -2.08. The topological polar surface area (TPSA) is 35.2 Å². The van der Waals surface area contributed by atoms with E-state index in [1.807, 2.05) is 24.3 Å². The Balaban J connectivity index is 2.05. The van der Waals surface area contributed by atoms with Crippen molar-refractivity contribution >= 4 is 17.3 Å². The molecule has 1 atom stereocenters. The van der Waals surface area contributed by atoms with Gasteiger partial charge in [0.25, 0.3) is 0 Å². The normalized spacial score (nSPS) is 17.3. The lowest BCUT2D eigenvalue weighted by molar-refractivity contribution is 0.254. The SMILES string of the molecule is CC1Cc2cc(-c3ccc(Cl)cc3N)ccc2O1. The lowest BCUT2D eigenvalue weighted by Crippen LogP contribution is -2.05. The molecule has 2 nitrogen and oxygen atoms in total. The van der Waals surface area contributed by atoms with Gasteiger partial charge in [-0.2, -0.15) is 0 Å². The minimum absolute atomic E-state index is 0.262. The van der Waals surface area contributed by atoms with E-state index >= 15 is 0 Å². The third kappa shape index (κ3) is 1.93. The van der Waals surface area contributed by atoms with Crippen molar-refractivity contribution in [2.75, 3.05) is 5.73 Å². The summed E-state index contributed by atoms with van der Waals surface area (Å²) in [5.74, 6) is 0.985. The molecule has 3 heteroatoms. The number of halogens is 1. The first-order valence-corrected chi connectivity index (χ1v) is 6.36. The van der Waals surface area contributed by atoms with Crippen LogP contribution in [-0.4, -0.2) is 6.10 Å². The highest BCUT2D eigenvalue weighted by molar-refractivity contribution is 6.31. The first-order chi connectivity index (χ1) is 8.63. The summed E-state index contributed by atoms with van der Waals surface area (Å²) in [7, 11) is 0. The van der Waals surface area contributed by atoms with Crippen LogP contribution in [0.1, 0.15) is 12.5 Å². The van der Waals surface area contributed by atoms with E-state index in [4.69, 9.17) is 22.1 Å². The van der Waals surface area contributed by atoms with E-state index in [1.54, 1.807) is 6.07 Å². The van der Waals surface area contributed by atoms with Crippen molar-refractivity contribution in [1.29, 1.82) is 0 Å². The summed E-state index contributed by atoms with van der Waals surface area (Å²) < 4.78 is 5.69. The van der Waals surface area contributed by atoms with Crippen LogP contribution in [0.2, 0.25) is 5.02 Å². The Kier molecular flexibility index (Phi) is 2.67. The summed E-state index contributed by atoms with van der Waals surface area (Å²) in [4.78, 5) is 0. The van der Waals surface area contributed by atoms with E-state index in [9.17, 15) is 0 Å². The fourth-order valence-corrected chi connectivity index (χ4v) is 2.57. The molecule has 0 aromatic heterocycles. The van der Waals surface area contributed by atoms with E-state index in [1.165, 1.54) is 5.56 Å². The van der Waals surface area contributed by atoms with E-state index in [2.05, 4.69) is 13.0 Å². The number of hydrogen-bond acceptors (Lipinski definition) is 2. The molecule has 2 N–H and O–H groups in total. The van der Waals surface area contributed by atoms with Gasteiger partial charge in [-0.3, -0.25) is 0 Å². The molecule has 0 saturated carbocycles.